The second-order valence-corrected chi connectivity index (χ2v) is 8.22. The van der Waals surface area contributed by atoms with Gasteiger partial charge in [0.2, 0.25) is 0 Å². The number of aromatic amines is 2. The highest BCUT2D eigenvalue weighted by Crippen LogP contribution is 2.31. The molecule has 0 fully saturated rings. The Hall–Kier alpha value is -3.84. The highest BCUT2D eigenvalue weighted by Gasteiger charge is 2.14. The Bertz CT molecular complexity index is 1470. The van der Waals surface area contributed by atoms with E-state index in [1.54, 1.807) is 23.5 Å². The van der Waals surface area contributed by atoms with Crippen LogP contribution in [0.3, 0.4) is 0 Å². The van der Waals surface area contributed by atoms with Gasteiger partial charge in [-0.25, -0.2) is 18.7 Å². The number of hydrogen-bond acceptors (Lipinski definition) is 3. The van der Waals surface area contributed by atoms with E-state index in [0.717, 1.165) is 38.1 Å². The van der Waals surface area contributed by atoms with Crippen molar-refractivity contribution in [3.63, 3.8) is 0 Å². The zero-order valence-corrected chi connectivity index (χ0v) is 16.8. The number of hydrogen-bond donors (Lipinski definition) is 2. The van der Waals surface area contributed by atoms with Gasteiger partial charge in [-0.05, 0) is 66.0 Å². The average Bonchev–Trinajstić information content (AvgIpc) is 3.51. The van der Waals surface area contributed by atoms with Crippen LogP contribution in [-0.4, -0.2) is 19.9 Å². The molecule has 0 saturated carbocycles. The lowest BCUT2D eigenvalue weighted by atomic mass is 10.2. The van der Waals surface area contributed by atoms with E-state index >= 15 is 0 Å². The highest BCUT2D eigenvalue weighted by molar-refractivity contribution is 7.13. The molecule has 0 spiro atoms. The number of rotatable bonds is 3. The summed E-state index contributed by atoms with van der Waals surface area (Å²) in [5, 5.41) is 3.52. The predicted molar refractivity (Wildman–Crippen MR) is 120 cm³/mol. The van der Waals surface area contributed by atoms with Crippen molar-refractivity contribution in [2.75, 3.05) is 0 Å². The molecular weight excluding hydrogens is 414 g/mol. The van der Waals surface area contributed by atoms with Gasteiger partial charge in [0.05, 0.1) is 27.7 Å². The second kappa shape index (κ2) is 6.85. The van der Waals surface area contributed by atoms with Crippen molar-refractivity contribution in [3.05, 3.63) is 83.7 Å². The van der Waals surface area contributed by atoms with Crippen LogP contribution in [0, 0.1) is 11.6 Å². The summed E-state index contributed by atoms with van der Waals surface area (Å²) in [4.78, 5) is 17.1. The minimum absolute atomic E-state index is 0.286. The maximum Gasteiger partial charge on any atom is 0.177 e. The number of thiophene rings is 1. The Balaban J connectivity index is 1.55. The molecule has 150 valence electrons. The van der Waals surface area contributed by atoms with Crippen LogP contribution in [-0.2, 0) is 0 Å². The van der Waals surface area contributed by atoms with Gasteiger partial charge in [-0.2, -0.15) is 0 Å². The van der Waals surface area contributed by atoms with Crippen LogP contribution in [0.5, 0.6) is 0 Å². The number of halogens is 2. The molecular formula is C24H14F2N4S. The molecule has 0 radical (unpaired) electrons. The van der Waals surface area contributed by atoms with Crippen molar-refractivity contribution in [2.45, 2.75) is 0 Å². The third-order valence-corrected chi connectivity index (χ3v) is 6.07. The molecule has 0 aliphatic rings. The molecule has 0 amide bonds. The Morgan fingerprint density at radius 2 is 1.32 bits per heavy atom. The molecule has 31 heavy (non-hydrogen) atoms. The van der Waals surface area contributed by atoms with Crippen LogP contribution in [0.2, 0.25) is 0 Å². The van der Waals surface area contributed by atoms with E-state index < -0.39 is 0 Å². The van der Waals surface area contributed by atoms with Crippen molar-refractivity contribution in [1.82, 2.24) is 19.9 Å². The van der Waals surface area contributed by atoms with E-state index in [0.29, 0.717) is 17.2 Å². The van der Waals surface area contributed by atoms with Gasteiger partial charge in [0.1, 0.15) is 11.6 Å². The number of aromatic nitrogens is 4. The highest BCUT2D eigenvalue weighted by atomic mass is 32.1. The number of benzene rings is 2. The third kappa shape index (κ3) is 3.19. The normalized spacial score (nSPS) is 11.5. The van der Waals surface area contributed by atoms with Crippen molar-refractivity contribution in [3.8, 4) is 33.5 Å². The van der Waals surface area contributed by atoms with Gasteiger partial charge in [0, 0.05) is 21.8 Å². The van der Waals surface area contributed by atoms with Crippen molar-refractivity contribution in [2.24, 2.45) is 0 Å². The lowest BCUT2D eigenvalue weighted by Crippen LogP contribution is -1.95. The predicted octanol–water partition coefficient (Wildman–Crippen LogP) is 6.78. The molecule has 2 aromatic carbocycles. The molecule has 0 saturated heterocycles. The Kier molecular flexibility index (Phi) is 3.97. The first-order valence-electron chi connectivity index (χ1n) is 9.63. The van der Waals surface area contributed by atoms with Crippen LogP contribution in [0.25, 0.3) is 55.3 Å². The first kappa shape index (κ1) is 18.0. The van der Waals surface area contributed by atoms with E-state index in [9.17, 15) is 8.78 Å². The summed E-state index contributed by atoms with van der Waals surface area (Å²) in [7, 11) is 0. The van der Waals surface area contributed by atoms with Crippen LogP contribution in [0.4, 0.5) is 8.78 Å². The lowest BCUT2D eigenvalue weighted by Gasteiger charge is -2.05. The quantitative estimate of drug-likeness (QED) is 0.326. The second-order valence-electron chi connectivity index (χ2n) is 7.27. The summed E-state index contributed by atoms with van der Waals surface area (Å²) in [5.74, 6) is -0.0781. The summed E-state index contributed by atoms with van der Waals surface area (Å²) in [6.45, 7) is 0. The Labute approximate surface area is 179 Å². The molecule has 7 heteroatoms. The summed E-state index contributed by atoms with van der Waals surface area (Å²) in [6, 6.07) is 18.8. The van der Waals surface area contributed by atoms with Crippen LogP contribution >= 0.6 is 11.3 Å². The molecule has 6 rings (SSSR count). The smallest absolute Gasteiger partial charge is 0.177 e. The number of nitrogens with zero attached hydrogens (tertiary/aromatic N) is 2. The fourth-order valence-electron chi connectivity index (χ4n) is 3.72. The number of fused-ring (bicyclic) bond motifs is 2. The number of nitrogens with one attached hydrogen (secondary N) is 2. The maximum atomic E-state index is 13.6. The molecule has 0 aliphatic carbocycles. The van der Waals surface area contributed by atoms with Crippen LogP contribution < -0.4 is 0 Å². The van der Waals surface area contributed by atoms with E-state index in [1.807, 2.05) is 35.7 Å². The standard InChI is InChI=1S/C24H14F2N4S/c25-15-3-5-17-13(8-15)10-19(27-17)20-12-21(23-2-1-7-31-23)30-24(29-20)22-11-14-9-16(26)4-6-18(14)28-22/h1-12,27-28H. The third-order valence-electron chi connectivity index (χ3n) is 5.18. The molecule has 4 nitrogen and oxygen atoms in total. The minimum atomic E-state index is -0.294. The molecule has 0 aliphatic heterocycles. The Morgan fingerprint density at radius 1 is 0.677 bits per heavy atom. The zero-order valence-electron chi connectivity index (χ0n) is 16.0. The van der Waals surface area contributed by atoms with Gasteiger partial charge >= 0.3 is 0 Å². The van der Waals surface area contributed by atoms with Crippen molar-refractivity contribution in [1.29, 1.82) is 0 Å². The Morgan fingerprint density at radius 3 is 2.00 bits per heavy atom. The van der Waals surface area contributed by atoms with Gasteiger partial charge in [0.15, 0.2) is 5.82 Å². The molecule has 0 bridgehead atoms. The van der Waals surface area contributed by atoms with Gasteiger partial charge in [-0.15, -0.1) is 11.3 Å². The molecule has 4 aromatic heterocycles. The molecule has 6 aromatic rings. The largest absolute Gasteiger partial charge is 0.353 e. The fraction of sp³-hybridized carbons (Fsp3) is 0. The number of H-pyrrole nitrogens is 2. The van der Waals surface area contributed by atoms with Crippen molar-refractivity contribution >= 4 is 33.1 Å². The summed E-state index contributed by atoms with van der Waals surface area (Å²) >= 11 is 1.59. The van der Waals surface area contributed by atoms with E-state index in [-0.39, 0.29) is 11.6 Å². The minimum Gasteiger partial charge on any atom is -0.353 e. The average molecular weight is 428 g/mol. The molecule has 2 N–H and O–H groups in total. The zero-order chi connectivity index (χ0) is 20.9. The van der Waals surface area contributed by atoms with Gasteiger partial charge < -0.3 is 9.97 Å². The topological polar surface area (TPSA) is 57.4 Å². The maximum absolute atomic E-state index is 13.6. The summed E-state index contributed by atoms with van der Waals surface area (Å²) in [5.41, 5.74) is 4.57. The first-order chi connectivity index (χ1) is 15.1. The van der Waals surface area contributed by atoms with Crippen molar-refractivity contribution < 1.29 is 8.78 Å². The SMILES string of the molecule is Fc1ccc2[nH]c(-c3cc(-c4cccs4)nc(-c4cc5cc(F)ccc5[nH]4)n3)cc2c1. The van der Waals surface area contributed by atoms with E-state index in [2.05, 4.69) is 9.97 Å². The van der Waals surface area contributed by atoms with E-state index in [1.165, 1.54) is 24.3 Å². The van der Waals surface area contributed by atoms with Crippen LogP contribution in [0.1, 0.15) is 0 Å². The molecule has 0 atom stereocenters. The fourth-order valence-corrected chi connectivity index (χ4v) is 4.41. The summed E-state index contributed by atoms with van der Waals surface area (Å²) in [6.07, 6.45) is 0. The summed E-state index contributed by atoms with van der Waals surface area (Å²) < 4.78 is 27.3. The van der Waals surface area contributed by atoms with Gasteiger partial charge in [-0.3, -0.25) is 0 Å². The first-order valence-corrected chi connectivity index (χ1v) is 10.5. The molecule has 4 heterocycles. The van der Waals surface area contributed by atoms with Crippen LogP contribution in [0.15, 0.2) is 72.1 Å². The monoisotopic (exact) mass is 428 g/mol. The van der Waals surface area contributed by atoms with Gasteiger partial charge in [0.25, 0.3) is 0 Å². The van der Waals surface area contributed by atoms with Gasteiger partial charge in [-0.1, -0.05) is 6.07 Å². The lowest BCUT2D eigenvalue weighted by molar-refractivity contribution is 0.629. The molecule has 0 unspecified atom stereocenters. The van der Waals surface area contributed by atoms with E-state index in [4.69, 9.17) is 9.97 Å².